The number of benzene rings is 1. The molecule has 1 aromatic rings. The number of carbonyl (C=O) groups is 1. The second kappa shape index (κ2) is 13.0. The van der Waals surface area contributed by atoms with Gasteiger partial charge in [0, 0.05) is 43.1 Å². The molecule has 0 bridgehead atoms. The third-order valence-electron chi connectivity index (χ3n) is 3.84. The first kappa shape index (κ1) is 24.7. The van der Waals surface area contributed by atoms with Crippen molar-refractivity contribution >= 4 is 23.2 Å². The number of nitrogens with zero attached hydrogens (tertiary/aromatic N) is 1. The highest BCUT2D eigenvalue weighted by Gasteiger charge is 2.16. The Kier molecular flexibility index (Phi) is 11.0. The van der Waals surface area contributed by atoms with E-state index in [1.165, 1.54) is 0 Å². The number of guanidine groups is 1. The lowest BCUT2D eigenvalue weighted by Gasteiger charge is -2.18. The van der Waals surface area contributed by atoms with Gasteiger partial charge in [-0.15, -0.1) is 0 Å². The van der Waals surface area contributed by atoms with Crippen LogP contribution in [0.5, 0.6) is 0 Å². The largest absolute Gasteiger partial charge is 0.394 e. The van der Waals surface area contributed by atoms with E-state index in [1.54, 1.807) is 0 Å². The van der Waals surface area contributed by atoms with Gasteiger partial charge in [0.05, 0.1) is 6.61 Å². The molecule has 0 heterocycles. The van der Waals surface area contributed by atoms with E-state index in [-0.39, 0.29) is 24.6 Å². The van der Waals surface area contributed by atoms with E-state index in [0.29, 0.717) is 25.6 Å². The van der Waals surface area contributed by atoms with E-state index in [9.17, 15) is 9.90 Å². The third-order valence-corrected chi connectivity index (χ3v) is 3.84. The average Bonchev–Trinajstić information content (AvgIpc) is 2.60. The fourth-order valence-corrected chi connectivity index (χ4v) is 2.66. The lowest BCUT2D eigenvalue weighted by atomic mass is 10.1. The van der Waals surface area contributed by atoms with Gasteiger partial charge in [-0.25, -0.2) is 0 Å². The Balaban J connectivity index is 2.89. The molecule has 0 spiro atoms. The number of anilines is 2. The first-order chi connectivity index (χ1) is 13.7. The summed E-state index contributed by atoms with van der Waals surface area (Å²) in [5.74, 6) is 0.114. The number of nitrogens with one attached hydrogen (secondary N) is 5. The molecule has 0 radical (unpaired) electrons. The van der Waals surface area contributed by atoms with Crippen LogP contribution in [-0.4, -0.2) is 61.8 Å². The van der Waals surface area contributed by atoms with Crippen molar-refractivity contribution < 1.29 is 9.90 Å². The molecule has 0 unspecified atom stereocenters. The maximum atomic E-state index is 12.2. The molecule has 1 aromatic carbocycles. The van der Waals surface area contributed by atoms with Crippen molar-refractivity contribution in [2.24, 2.45) is 10.7 Å². The molecule has 1 rings (SSSR count). The molecule has 0 aliphatic carbocycles. The Morgan fingerprint density at radius 1 is 1.14 bits per heavy atom. The standard InChI is InChI=1S/C20H37N7O2/c1-13(2)25-16-8-15(9-17(10-16)27-20(21)26-14(3)4)11-24-18(12-28)19(29)23-7-6-22-5/h8-10,13-14,18,22,24-25,28H,6-7,11-12H2,1-5H3,(H,23,29)(H3,21,26,27)/t18-/m0/s1. The maximum absolute atomic E-state index is 12.2. The highest BCUT2D eigenvalue weighted by molar-refractivity contribution is 5.93. The van der Waals surface area contributed by atoms with Crippen molar-refractivity contribution in [2.45, 2.75) is 52.4 Å². The Morgan fingerprint density at radius 3 is 2.41 bits per heavy atom. The van der Waals surface area contributed by atoms with Crippen molar-refractivity contribution in [2.75, 3.05) is 37.4 Å². The first-order valence-corrected chi connectivity index (χ1v) is 10.0. The molecule has 9 nitrogen and oxygen atoms in total. The van der Waals surface area contributed by atoms with Gasteiger partial charge in [0.25, 0.3) is 0 Å². The van der Waals surface area contributed by atoms with Gasteiger partial charge in [-0.3, -0.25) is 15.1 Å². The summed E-state index contributed by atoms with van der Waals surface area (Å²) in [6, 6.07) is 5.57. The van der Waals surface area contributed by atoms with Crippen LogP contribution in [0.4, 0.5) is 11.4 Å². The van der Waals surface area contributed by atoms with E-state index in [0.717, 1.165) is 16.9 Å². The van der Waals surface area contributed by atoms with Crippen LogP contribution in [0, 0.1) is 0 Å². The summed E-state index contributed by atoms with van der Waals surface area (Å²) in [7, 11) is 1.82. The van der Waals surface area contributed by atoms with Gasteiger partial charge in [0.1, 0.15) is 6.04 Å². The molecule has 0 saturated carbocycles. The summed E-state index contributed by atoms with van der Waals surface area (Å²) in [6.45, 7) is 9.33. The van der Waals surface area contributed by atoms with Crippen molar-refractivity contribution in [3.63, 3.8) is 0 Å². The van der Waals surface area contributed by atoms with E-state index in [1.807, 2.05) is 39.1 Å². The second-order valence-corrected chi connectivity index (χ2v) is 7.46. The van der Waals surface area contributed by atoms with Crippen LogP contribution in [-0.2, 0) is 11.3 Å². The Labute approximate surface area is 173 Å². The van der Waals surface area contributed by atoms with Gasteiger partial charge in [-0.2, -0.15) is 0 Å². The molecule has 164 valence electrons. The molecular formula is C20H37N7O2. The number of hydrogen-bond donors (Lipinski definition) is 7. The smallest absolute Gasteiger partial charge is 0.239 e. The lowest BCUT2D eigenvalue weighted by Crippen LogP contribution is -2.47. The molecule has 1 amide bonds. The number of amides is 1. The number of aliphatic hydroxyl groups excluding tert-OH is 1. The zero-order valence-corrected chi connectivity index (χ0v) is 18.2. The van der Waals surface area contributed by atoms with Gasteiger partial charge in [-0.05, 0) is 58.5 Å². The van der Waals surface area contributed by atoms with E-state index < -0.39 is 6.04 Å². The van der Waals surface area contributed by atoms with Gasteiger partial charge in [-0.1, -0.05) is 0 Å². The van der Waals surface area contributed by atoms with Crippen molar-refractivity contribution in [1.29, 1.82) is 0 Å². The van der Waals surface area contributed by atoms with Crippen LogP contribution in [0.1, 0.15) is 33.3 Å². The molecule has 8 N–H and O–H groups in total. The summed E-state index contributed by atoms with van der Waals surface area (Å²) in [6.07, 6.45) is 0. The topological polar surface area (TPSA) is 136 Å². The summed E-state index contributed by atoms with van der Waals surface area (Å²) < 4.78 is 0. The third kappa shape index (κ3) is 10.1. The van der Waals surface area contributed by atoms with Gasteiger partial charge in [0.15, 0.2) is 5.96 Å². The molecule has 0 aromatic heterocycles. The zero-order chi connectivity index (χ0) is 21.8. The van der Waals surface area contributed by atoms with Crippen molar-refractivity contribution in [1.82, 2.24) is 16.0 Å². The van der Waals surface area contributed by atoms with Crippen LogP contribution in [0.3, 0.4) is 0 Å². The Hall–Kier alpha value is -2.36. The maximum Gasteiger partial charge on any atom is 0.239 e. The minimum absolute atomic E-state index is 0.0901. The van der Waals surface area contributed by atoms with Crippen molar-refractivity contribution in [3.05, 3.63) is 23.8 Å². The Bertz CT molecular complexity index is 662. The number of aliphatic imine (C=N–C) groups is 1. The lowest BCUT2D eigenvalue weighted by molar-refractivity contribution is -0.124. The van der Waals surface area contributed by atoms with Gasteiger partial charge in [0.2, 0.25) is 5.91 Å². The average molecular weight is 408 g/mol. The number of aliphatic hydroxyl groups is 1. The van der Waals surface area contributed by atoms with Crippen molar-refractivity contribution in [3.8, 4) is 0 Å². The van der Waals surface area contributed by atoms with Gasteiger partial charge < -0.3 is 32.1 Å². The molecular weight excluding hydrogens is 370 g/mol. The monoisotopic (exact) mass is 407 g/mol. The van der Waals surface area contributed by atoms with E-state index >= 15 is 0 Å². The number of hydrogen-bond acceptors (Lipinski definition) is 6. The summed E-state index contributed by atoms with van der Waals surface area (Å²) in [5.41, 5.74) is 8.63. The van der Waals surface area contributed by atoms with Crippen LogP contribution in [0.25, 0.3) is 0 Å². The van der Waals surface area contributed by atoms with Crippen LogP contribution < -0.4 is 32.3 Å². The number of likely N-dealkylation sites (N-methyl/N-ethyl adjacent to an activating group) is 1. The van der Waals surface area contributed by atoms with Crippen LogP contribution in [0.2, 0.25) is 0 Å². The molecule has 29 heavy (non-hydrogen) atoms. The number of rotatable bonds is 12. The predicted octanol–water partition coefficient (Wildman–Crippen LogP) is 0.428. The minimum atomic E-state index is -0.683. The molecule has 9 heteroatoms. The number of nitrogens with two attached hydrogens (primary N) is 1. The minimum Gasteiger partial charge on any atom is -0.394 e. The van der Waals surface area contributed by atoms with E-state index in [2.05, 4.69) is 45.4 Å². The normalized spacial score (nSPS) is 12.9. The van der Waals surface area contributed by atoms with Crippen LogP contribution in [0.15, 0.2) is 23.2 Å². The van der Waals surface area contributed by atoms with E-state index in [4.69, 9.17) is 5.73 Å². The van der Waals surface area contributed by atoms with Crippen LogP contribution >= 0.6 is 0 Å². The molecule has 0 saturated heterocycles. The summed E-state index contributed by atoms with van der Waals surface area (Å²) in [5, 5.41) is 24.9. The first-order valence-electron chi connectivity index (χ1n) is 10.0. The number of carbonyl (C=O) groups excluding carboxylic acids is 1. The van der Waals surface area contributed by atoms with Gasteiger partial charge >= 0.3 is 0 Å². The quantitative estimate of drug-likeness (QED) is 0.152. The fourth-order valence-electron chi connectivity index (χ4n) is 2.66. The fraction of sp³-hybridized carbons (Fsp3) is 0.600. The summed E-state index contributed by atoms with van der Waals surface area (Å²) in [4.78, 5) is 16.5. The predicted molar refractivity (Wildman–Crippen MR) is 120 cm³/mol. The molecule has 1 atom stereocenters. The SMILES string of the molecule is CNCCNC(=O)[C@H](CO)NCc1cc(NC(N)=NC(C)C)cc(NC(C)C)c1. The molecule has 0 aliphatic rings. The highest BCUT2D eigenvalue weighted by atomic mass is 16.3. The highest BCUT2D eigenvalue weighted by Crippen LogP contribution is 2.20. The molecule has 0 aliphatic heterocycles. The summed E-state index contributed by atoms with van der Waals surface area (Å²) >= 11 is 0. The second-order valence-electron chi connectivity index (χ2n) is 7.46. The molecule has 0 fully saturated rings. The Morgan fingerprint density at radius 2 is 1.83 bits per heavy atom. The zero-order valence-electron chi connectivity index (χ0n) is 18.2.